The lowest BCUT2D eigenvalue weighted by Gasteiger charge is -2.20. The Morgan fingerprint density at radius 1 is 0.439 bits per heavy atom. The summed E-state index contributed by atoms with van der Waals surface area (Å²) < 4.78 is 0. The molecular formula is C53H93NO3. The standard InChI is InChI=1S/C53H93NO3/c1-3-5-7-9-11-13-15-17-19-21-23-25-26-27-28-29-31-33-35-37-39-41-43-45-47-49-53(57)54-51(50-55)52(56)48-46-44-42-40-38-36-34-32-30-24-22-20-18-16-14-12-10-8-6-4-2/h5,7,11,13,17,19,23,25,27-28,31,33,46,48,51-52,55-56H,3-4,6,8-10,12,14-16,18,20-22,24,26,29-30,32,34-45,47,49-50H2,1-2H3,(H,54,57)/b7-5-,13-11-,19-17-,25-23-,28-27-,33-31-,48-46+. The largest absolute Gasteiger partial charge is 0.394 e. The fourth-order valence-corrected chi connectivity index (χ4v) is 6.95. The maximum Gasteiger partial charge on any atom is 0.220 e. The molecule has 328 valence electrons. The summed E-state index contributed by atoms with van der Waals surface area (Å²) >= 11 is 0. The number of nitrogens with one attached hydrogen (secondary N) is 1. The van der Waals surface area contributed by atoms with Crippen molar-refractivity contribution in [3.05, 3.63) is 85.1 Å². The molecule has 1 amide bonds. The van der Waals surface area contributed by atoms with Crippen molar-refractivity contribution in [2.75, 3.05) is 6.61 Å². The van der Waals surface area contributed by atoms with E-state index in [9.17, 15) is 15.0 Å². The highest BCUT2D eigenvalue weighted by atomic mass is 16.3. The number of rotatable bonds is 43. The van der Waals surface area contributed by atoms with Gasteiger partial charge in [0.1, 0.15) is 0 Å². The maximum absolute atomic E-state index is 12.4. The van der Waals surface area contributed by atoms with Gasteiger partial charge in [-0.2, -0.15) is 0 Å². The van der Waals surface area contributed by atoms with E-state index in [-0.39, 0.29) is 12.5 Å². The average molecular weight is 792 g/mol. The summed E-state index contributed by atoms with van der Waals surface area (Å²) in [5, 5.41) is 23.1. The molecule has 57 heavy (non-hydrogen) atoms. The summed E-state index contributed by atoms with van der Waals surface area (Å²) in [4.78, 5) is 12.4. The van der Waals surface area contributed by atoms with E-state index in [1.807, 2.05) is 6.08 Å². The molecule has 0 saturated heterocycles. The lowest BCUT2D eigenvalue weighted by Crippen LogP contribution is -2.45. The van der Waals surface area contributed by atoms with Crippen LogP contribution >= 0.6 is 0 Å². The second-order valence-corrected chi connectivity index (χ2v) is 16.1. The maximum atomic E-state index is 12.4. The van der Waals surface area contributed by atoms with Gasteiger partial charge in [-0.05, 0) is 70.6 Å². The highest BCUT2D eigenvalue weighted by molar-refractivity contribution is 5.76. The number of carbonyl (C=O) groups excluding carboxylic acids is 1. The minimum Gasteiger partial charge on any atom is -0.394 e. The number of aliphatic hydroxyl groups is 2. The Morgan fingerprint density at radius 2 is 0.772 bits per heavy atom. The van der Waals surface area contributed by atoms with Crippen LogP contribution in [0, 0.1) is 0 Å². The highest BCUT2D eigenvalue weighted by Crippen LogP contribution is 2.15. The number of amides is 1. The van der Waals surface area contributed by atoms with E-state index in [2.05, 4.69) is 92.1 Å². The molecule has 4 heteroatoms. The summed E-state index contributed by atoms with van der Waals surface area (Å²) in [6, 6.07) is -0.636. The predicted molar refractivity (Wildman–Crippen MR) is 253 cm³/mol. The minimum absolute atomic E-state index is 0.0809. The zero-order valence-electron chi connectivity index (χ0n) is 37.6. The molecule has 0 aliphatic rings. The summed E-state index contributed by atoms with van der Waals surface area (Å²) in [5.41, 5.74) is 0. The molecule has 0 saturated carbocycles. The first kappa shape index (κ1) is 54.6. The first-order valence-electron chi connectivity index (χ1n) is 24.3. The highest BCUT2D eigenvalue weighted by Gasteiger charge is 2.17. The van der Waals surface area contributed by atoms with Crippen LogP contribution in [-0.2, 0) is 4.79 Å². The third-order valence-corrected chi connectivity index (χ3v) is 10.6. The van der Waals surface area contributed by atoms with E-state index in [0.717, 1.165) is 77.0 Å². The second-order valence-electron chi connectivity index (χ2n) is 16.1. The minimum atomic E-state index is -0.851. The third kappa shape index (κ3) is 44.5. The molecule has 2 unspecified atom stereocenters. The molecule has 0 radical (unpaired) electrons. The first-order valence-corrected chi connectivity index (χ1v) is 24.3. The van der Waals surface area contributed by atoms with Crippen molar-refractivity contribution in [1.82, 2.24) is 5.32 Å². The van der Waals surface area contributed by atoms with Crippen molar-refractivity contribution in [3.63, 3.8) is 0 Å². The van der Waals surface area contributed by atoms with E-state index in [4.69, 9.17) is 0 Å². The lowest BCUT2D eigenvalue weighted by atomic mass is 10.0. The van der Waals surface area contributed by atoms with Gasteiger partial charge < -0.3 is 15.5 Å². The monoisotopic (exact) mass is 792 g/mol. The number of aliphatic hydroxyl groups excluding tert-OH is 2. The molecule has 0 aromatic rings. The van der Waals surface area contributed by atoms with E-state index in [0.29, 0.717) is 6.42 Å². The van der Waals surface area contributed by atoms with Crippen molar-refractivity contribution in [2.45, 2.75) is 238 Å². The number of hydrogen-bond acceptors (Lipinski definition) is 3. The predicted octanol–water partition coefficient (Wildman–Crippen LogP) is 15.6. The van der Waals surface area contributed by atoms with Crippen LogP contribution in [0.3, 0.4) is 0 Å². The van der Waals surface area contributed by atoms with E-state index in [1.165, 1.54) is 128 Å². The zero-order chi connectivity index (χ0) is 41.4. The molecular weight excluding hydrogens is 699 g/mol. The van der Waals surface area contributed by atoms with Crippen LogP contribution in [0.5, 0.6) is 0 Å². The Morgan fingerprint density at radius 3 is 1.16 bits per heavy atom. The Labute approximate surface area is 354 Å². The van der Waals surface area contributed by atoms with Gasteiger partial charge in [0, 0.05) is 6.42 Å². The first-order chi connectivity index (χ1) is 28.2. The fourth-order valence-electron chi connectivity index (χ4n) is 6.95. The van der Waals surface area contributed by atoms with Gasteiger partial charge in [0.05, 0.1) is 18.8 Å². The Hall–Kier alpha value is -2.43. The number of hydrogen-bond donors (Lipinski definition) is 3. The molecule has 2 atom stereocenters. The summed E-state index contributed by atoms with van der Waals surface area (Å²) in [6.45, 7) is 4.19. The van der Waals surface area contributed by atoms with Crippen LogP contribution in [0.25, 0.3) is 0 Å². The molecule has 0 aromatic carbocycles. The molecule has 0 spiro atoms. The summed E-state index contributed by atoms with van der Waals surface area (Å²) in [6.07, 6.45) is 69.8. The van der Waals surface area contributed by atoms with Crippen LogP contribution in [0.4, 0.5) is 0 Å². The van der Waals surface area contributed by atoms with Gasteiger partial charge in [-0.25, -0.2) is 0 Å². The van der Waals surface area contributed by atoms with Gasteiger partial charge in [-0.15, -0.1) is 0 Å². The van der Waals surface area contributed by atoms with E-state index in [1.54, 1.807) is 6.08 Å². The molecule has 0 heterocycles. The quantitative estimate of drug-likeness (QED) is 0.0425. The van der Waals surface area contributed by atoms with Crippen LogP contribution in [0.1, 0.15) is 226 Å². The smallest absolute Gasteiger partial charge is 0.220 e. The van der Waals surface area contributed by atoms with Crippen molar-refractivity contribution in [3.8, 4) is 0 Å². The number of allylic oxidation sites excluding steroid dienone is 13. The zero-order valence-corrected chi connectivity index (χ0v) is 37.6. The van der Waals surface area contributed by atoms with Crippen molar-refractivity contribution in [1.29, 1.82) is 0 Å². The van der Waals surface area contributed by atoms with Crippen molar-refractivity contribution < 1.29 is 15.0 Å². The van der Waals surface area contributed by atoms with Crippen LogP contribution in [0.2, 0.25) is 0 Å². The van der Waals surface area contributed by atoms with Crippen LogP contribution in [-0.4, -0.2) is 34.9 Å². The Balaban J connectivity index is 3.63. The number of unbranched alkanes of at least 4 members (excludes halogenated alkanes) is 24. The molecule has 0 rings (SSSR count). The molecule has 0 fully saturated rings. The fraction of sp³-hybridized carbons (Fsp3) is 0.717. The molecule has 0 aromatic heterocycles. The van der Waals surface area contributed by atoms with Gasteiger partial charge in [0.2, 0.25) is 5.91 Å². The lowest BCUT2D eigenvalue weighted by molar-refractivity contribution is -0.123. The van der Waals surface area contributed by atoms with E-state index < -0.39 is 12.1 Å². The summed E-state index contributed by atoms with van der Waals surface area (Å²) in [5.74, 6) is -0.0809. The SMILES string of the molecule is CC/C=C\C/C=C\C/C=C\C/C=C\C/C=C\C/C=C\CCCCCCCCC(=O)NC(CO)C(O)/C=C/CCCCCCCCCCCCCCCCCCCC. The van der Waals surface area contributed by atoms with Crippen molar-refractivity contribution in [2.24, 2.45) is 0 Å². The molecule has 4 nitrogen and oxygen atoms in total. The van der Waals surface area contributed by atoms with Gasteiger partial charge in [0.15, 0.2) is 0 Å². The molecule has 0 bridgehead atoms. The molecule has 0 aliphatic heterocycles. The average Bonchev–Trinajstić information content (AvgIpc) is 3.22. The van der Waals surface area contributed by atoms with Gasteiger partial charge in [-0.3, -0.25) is 4.79 Å². The van der Waals surface area contributed by atoms with E-state index >= 15 is 0 Å². The number of carbonyl (C=O) groups is 1. The Kier molecular flexibility index (Phi) is 45.9. The Bertz CT molecular complexity index is 1030. The van der Waals surface area contributed by atoms with Crippen molar-refractivity contribution >= 4 is 5.91 Å². The van der Waals surface area contributed by atoms with Crippen LogP contribution < -0.4 is 5.32 Å². The topological polar surface area (TPSA) is 69.6 Å². The molecule has 0 aliphatic carbocycles. The third-order valence-electron chi connectivity index (χ3n) is 10.6. The summed E-state index contributed by atoms with van der Waals surface area (Å²) in [7, 11) is 0. The van der Waals surface area contributed by atoms with Gasteiger partial charge >= 0.3 is 0 Å². The second kappa shape index (κ2) is 47.9. The van der Waals surface area contributed by atoms with Gasteiger partial charge in [0.25, 0.3) is 0 Å². The van der Waals surface area contributed by atoms with Gasteiger partial charge in [-0.1, -0.05) is 234 Å². The van der Waals surface area contributed by atoms with Crippen LogP contribution in [0.15, 0.2) is 85.1 Å². The normalized spacial score (nSPS) is 13.7. The molecule has 3 N–H and O–H groups in total.